The number of hydrogen-bond acceptors (Lipinski definition) is 2. The van der Waals surface area contributed by atoms with E-state index >= 15 is 0 Å². The van der Waals surface area contributed by atoms with Crippen molar-refractivity contribution in [2.45, 2.75) is 30.3 Å². The number of benzene rings is 1. The van der Waals surface area contributed by atoms with E-state index in [2.05, 4.69) is 0 Å². The standard InChI is InChI=1S/C12H13ClO2S/c13-12-4-2-1-3-9(12)8-16(15)11-6-5-10(14)7-11/h1-4,11H,5-8H2. The molecule has 0 amide bonds. The van der Waals surface area contributed by atoms with E-state index in [0.717, 1.165) is 12.0 Å². The van der Waals surface area contributed by atoms with Crippen LogP contribution in [0.5, 0.6) is 0 Å². The highest BCUT2D eigenvalue weighted by Gasteiger charge is 2.27. The predicted molar refractivity (Wildman–Crippen MR) is 65.9 cm³/mol. The van der Waals surface area contributed by atoms with Gasteiger partial charge >= 0.3 is 0 Å². The molecule has 1 aliphatic carbocycles. The van der Waals surface area contributed by atoms with E-state index < -0.39 is 10.8 Å². The van der Waals surface area contributed by atoms with Crippen LogP contribution in [0.25, 0.3) is 0 Å². The number of halogens is 1. The molecule has 2 rings (SSSR count). The Balaban J connectivity index is 2.03. The molecule has 86 valence electrons. The van der Waals surface area contributed by atoms with E-state index in [-0.39, 0.29) is 11.0 Å². The molecule has 0 heterocycles. The third kappa shape index (κ3) is 2.71. The first-order valence-corrected chi connectivity index (χ1v) is 7.05. The van der Waals surface area contributed by atoms with Gasteiger partial charge in [-0.15, -0.1) is 0 Å². The van der Waals surface area contributed by atoms with Gasteiger partial charge in [0.25, 0.3) is 0 Å². The maximum absolute atomic E-state index is 12.0. The summed E-state index contributed by atoms with van der Waals surface area (Å²) in [6.07, 6.45) is 1.81. The lowest BCUT2D eigenvalue weighted by Crippen LogP contribution is -2.13. The average molecular weight is 257 g/mol. The first-order valence-electron chi connectivity index (χ1n) is 5.29. The summed E-state index contributed by atoms with van der Waals surface area (Å²) in [4.78, 5) is 11.1. The molecule has 1 aliphatic rings. The largest absolute Gasteiger partial charge is 0.300 e. The Morgan fingerprint density at radius 2 is 2.12 bits per heavy atom. The third-order valence-corrected chi connectivity index (χ3v) is 4.94. The van der Waals surface area contributed by atoms with E-state index in [1.807, 2.05) is 18.2 Å². The number of ketones is 1. The summed E-state index contributed by atoms with van der Waals surface area (Å²) in [6.45, 7) is 0. The van der Waals surface area contributed by atoms with Crippen molar-refractivity contribution in [1.82, 2.24) is 0 Å². The highest BCUT2D eigenvalue weighted by molar-refractivity contribution is 7.84. The first kappa shape index (κ1) is 11.8. The Morgan fingerprint density at radius 1 is 1.38 bits per heavy atom. The molecule has 1 aromatic rings. The summed E-state index contributed by atoms with van der Waals surface area (Å²) < 4.78 is 12.0. The fraction of sp³-hybridized carbons (Fsp3) is 0.417. The van der Waals surface area contributed by atoms with Gasteiger partial charge in [-0.2, -0.15) is 0 Å². The molecule has 0 radical (unpaired) electrons. The van der Waals surface area contributed by atoms with Gasteiger partial charge in [-0.1, -0.05) is 29.8 Å². The van der Waals surface area contributed by atoms with Crippen LogP contribution in [0.4, 0.5) is 0 Å². The summed E-state index contributed by atoms with van der Waals surface area (Å²) in [5, 5.41) is 0.684. The van der Waals surface area contributed by atoms with Crippen LogP contribution in [0, 0.1) is 0 Å². The number of carbonyl (C=O) groups excluding carboxylic acids is 1. The molecular weight excluding hydrogens is 244 g/mol. The molecule has 2 unspecified atom stereocenters. The van der Waals surface area contributed by atoms with Gasteiger partial charge in [-0.25, -0.2) is 0 Å². The van der Waals surface area contributed by atoms with Gasteiger partial charge in [0.2, 0.25) is 0 Å². The minimum Gasteiger partial charge on any atom is -0.300 e. The second kappa shape index (κ2) is 5.11. The van der Waals surface area contributed by atoms with Gasteiger partial charge < -0.3 is 0 Å². The highest BCUT2D eigenvalue weighted by Crippen LogP contribution is 2.24. The third-order valence-electron chi connectivity index (χ3n) is 2.83. The van der Waals surface area contributed by atoms with Crippen molar-refractivity contribution in [3.05, 3.63) is 34.9 Å². The molecule has 0 aliphatic heterocycles. The smallest absolute Gasteiger partial charge is 0.134 e. The minimum atomic E-state index is -0.983. The Morgan fingerprint density at radius 3 is 2.75 bits per heavy atom. The summed E-state index contributed by atoms with van der Waals surface area (Å²) in [5.74, 6) is 0.690. The lowest BCUT2D eigenvalue weighted by Gasteiger charge is -2.09. The van der Waals surface area contributed by atoms with Gasteiger partial charge in [0, 0.05) is 33.9 Å². The van der Waals surface area contributed by atoms with Crippen molar-refractivity contribution in [2.24, 2.45) is 0 Å². The molecule has 0 N–H and O–H groups in total. The van der Waals surface area contributed by atoms with Crippen LogP contribution < -0.4 is 0 Å². The molecule has 16 heavy (non-hydrogen) atoms. The molecule has 1 fully saturated rings. The van der Waals surface area contributed by atoms with Crippen molar-refractivity contribution < 1.29 is 9.00 Å². The summed E-state index contributed by atoms with van der Waals surface area (Å²) in [6, 6.07) is 7.43. The minimum absolute atomic E-state index is 0.0313. The second-order valence-corrected chi connectivity index (χ2v) is 6.14. The summed E-state index contributed by atoms with van der Waals surface area (Å²) in [5.41, 5.74) is 0.904. The van der Waals surface area contributed by atoms with Crippen LogP contribution in [0.3, 0.4) is 0 Å². The van der Waals surface area contributed by atoms with Crippen molar-refractivity contribution in [3.63, 3.8) is 0 Å². The monoisotopic (exact) mass is 256 g/mol. The van der Waals surface area contributed by atoms with Crippen LogP contribution in [0.1, 0.15) is 24.8 Å². The SMILES string of the molecule is O=C1CCC(S(=O)Cc2ccccc2Cl)C1. The van der Waals surface area contributed by atoms with Crippen molar-refractivity contribution in [1.29, 1.82) is 0 Å². The van der Waals surface area contributed by atoms with Crippen molar-refractivity contribution in [2.75, 3.05) is 0 Å². The highest BCUT2D eigenvalue weighted by atomic mass is 35.5. The van der Waals surface area contributed by atoms with E-state index in [0.29, 0.717) is 23.6 Å². The van der Waals surface area contributed by atoms with Crippen LogP contribution >= 0.6 is 11.6 Å². The van der Waals surface area contributed by atoms with Crippen molar-refractivity contribution in [3.8, 4) is 0 Å². The molecule has 1 aromatic carbocycles. The quantitative estimate of drug-likeness (QED) is 0.833. The predicted octanol–water partition coefficient (Wildman–Crippen LogP) is 2.71. The van der Waals surface area contributed by atoms with Crippen LogP contribution in [0.2, 0.25) is 5.02 Å². The Hall–Kier alpha value is -0.670. The van der Waals surface area contributed by atoms with Gasteiger partial charge in [0.1, 0.15) is 5.78 Å². The van der Waals surface area contributed by atoms with Crippen LogP contribution in [0.15, 0.2) is 24.3 Å². The zero-order valence-corrected chi connectivity index (χ0v) is 10.4. The molecule has 0 spiro atoms. The lowest BCUT2D eigenvalue weighted by atomic mass is 10.2. The maximum atomic E-state index is 12.0. The zero-order valence-electron chi connectivity index (χ0n) is 8.82. The second-order valence-electron chi connectivity index (χ2n) is 4.02. The van der Waals surface area contributed by atoms with Crippen LogP contribution in [-0.2, 0) is 21.3 Å². The summed E-state index contributed by atoms with van der Waals surface area (Å²) >= 11 is 6.00. The van der Waals surface area contributed by atoms with E-state index in [1.165, 1.54) is 0 Å². The number of Topliss-reactive ketones (excluding diaryl/α,β-unsaturated/α-hetero) is 1. The number of rotatable bonds is 3. The number of carbonyl (C=O) groups is 1. The Kier molecular flexibility index (Phi) is 3.77. The molecule has 2 nitrogen and oxygen atoms in total. The Bertz CT molecular complexity index is 431. The lowest BCUT2D eigenvalue weighted by molar-refractivity contribution is -0.117. The maximum Gasteiger partial charge on any atom is 0.134 e. The van der Waals surface area contributed by atoms with E-state index in [9.17, 15) is 9.00 Å². The van der Waals surface area contributed by atoms with Gasteiger partial charge in [0.15, 0.2) is 0 Å². The molecule has 0 bridgehead atoms. The molecule has 0 aromatic heterocycles. The summed E-state index contributed by atoms with van der Waals surface area (Å²) in [7, 11) is -0.983. The van der Waals surface area contributed by atoms with Gasteiger partial charge in [0.05, 0.1) is 5.75 Å². The van der Waals surface area contributed by atoms with Crippen LogP contribution in [-0.4, -0.2) is 15.2 Å². The Labute approximate surface area is 102 Å². The topological polar surface area (TPSA) is 34.1 Å². The first-order chi connectivity index (χ1) is 7.66. The molecule has 1 saturated carbocycles. The molecule has 0 saturated heterocycles. The fourth-order valence-electron chi connectivity index (χ4n) is 1.89. The zero-order chi connectivity index (χ0) is 11.5. The van der Waals surface area contributed by atoms with E-state index in [4.69, 9.17) is 11.6 Å². The molecule has 2 atom stereocenters. The van der Waals surface area contributed by atoms with Gasteiger partial charge in [-0.05, 0) is 18.1 Å². The van der Waals surface area contributed by atoms with Crippen molar-refractivity contribution >= 4 is 28.2 Å². The van der Waals surface area contributed by atoms with Gasteiger partial charge in [-0.3, -0.25) is 9.00 Å². The molecule has 4 heteroatoms. The molecular formula is C12H13ClO2S. The fourth-order valence-corrected chi connectivity index (χ4v) is 3.72. The number of hydrogen-bond donors (Lipinski definition) is 0. The average Bonchev–Trinajstić information content (AvgIpc) is 2.68. The van der Waals surface area contributed by atoms with E-state index in [1.54, 1.807) is 6.07 Å². The normalized spacial score (nSPS) is 22.3.